The van der Waals surface area contributed by atoms with Gasteiger partial charge in [0.1, 0.15) is 5.82 Å². The lowest BCUT2D eigenvalue weighted by atomic mass is 10.0. The van der Waals surface area contributed by atoms with Gasteiger partial charge >= 0.3 is 0 Å². The smallest absolute Gasteiger partial charge is 0.169 e. The van der Waals surface area contributed by atoms with E-state index in [9.17, 15) is 0 Å². The molecule has 0 radical (unpaired) electrons. The number of rotatable bonds is 3. The summed E-state index contributed by atoms with van der Waals surface area (Å²) in [6, 6.07) is 12.2. The van der Waals surface area contributed by atoms with E-state index in [0.717, 1.165) is 33.3 Å². The number of pyridine rings is 1. The van der Waals surface area contributed by atoms with Gasteiger partial charge in [-0.05, 0) is 37.6 Å². The first-order valence-corrected chi connectivity index (χ1v) is 7.44. The van der Waals surface area contributed by atoms with E-state index in [1.807, 2.05) is 31.2 Å². The third-order valence-electron chi connectivity index (χ3n) is 3.98. The normalized spacial score (nSPS) is 10.8. The van der Waals surface area contributed by atoms with Crippen molar-refractivity contribution in [2.24, 2.45) is 0 Å². The summed E-state index contributed by atoms with van der Waals surface area (Å²) in [5.74, 6) is 1.90. The third-order valence-corrected chi connectivity index (χ3v) is 3.98. The lowest BCUT2D eigenvalue weighted by Crippen LogP contribution is -1.99. The zero-order chi connectivity index (χ0) is 16.6. The molecular formula is C19H20N2O2. The number of methoxy groups -OCH3 is 2. The average molecular weight is 308 g/mol. The van der Waals surface area contributed by atoms with Crippen LogP contribution in [0.5, 0.6) is 11.5 Å². The molecule has 0 spiro atoms. The van der Waals surface area contributed by atoms with Gasteiger partial charge in [-0.2, -0.15) is 0 Å². The van der Waals surface area contributed by atoms with Gasteiger partial charge in [-0.3, -0.25) is 0 Å². The predicted octanol–water partition coefficient (Wildman–Crippen LogP) is 4.12. The summed E-state index contributed by atoms with van der Waals surface area (Å²) in [5, 5.41) is 1.77. The molecule has 0 unspecified atom stereocenters. The molecule has 118 valence electrons. The first-order chi connectivity index (χ1) is 11.0. The molecule has 3 rings (SSSR count). The maximum Gasteiger partial charge on any atom is 0.169 e. The fourth-order valence-electron chi connectivity index (χ4n) is 2.91. The molecular weight excluding hydrogens is 288 g/mol. The van der Waals surface area contributed by atoms with E-state index < -0.39 is 0 Å². The molecule has 2 aromatic carbocycles. The quantitative estimate of drug-likeness (QED) is 0.791. The fraction of sp³-hybridized carbons (Fsp3) is 0.211. The van der Waals surface area contributed by atoms with Gasteiger partial charge in [0.15, 0.2) is 11.5 Å². The van der Waals surface area contributed by atoms with Crippen LogP contribution in [0.25, 0.3) is 22.0 Å². The van der Waals surface area contributed by atoms with Gasteiger partial charge in [0, 0.05) is 16.3 Å². The Bertz CT molecular complexity index is 888. The van der Waals surface area contributed by atoms with E-state index in [1.165, 1.54) is 5.56 Å². The summed E-state index contributed by atoms with van der Waals surface area (Å²) in [7, 11) is 3.28. The average Bonchev–Trinajstić information content (AvgIpc) is 2.54. The third kappa shape index (κ3) is 2.57. The Morgan fingerprint density at radius 1 is 0.913 bits per heavy atom. The Kier molecular flexibility index (Phi) is 3.82. The van der Waals surface area contributed by atoms with Crippen LogP contribution in [0.15, 0.2) is 36.4 Å². The highest BCUT2D eigenvalue weighted by molar-refractivity contribution is 6.00. The second-order valence-corrected chi connectivity index (χ2v) is 5.62. The van der Waals surface area contributed by atoms with Gasteiger partial charge in [0.25, 0.3) is 0 Å². The number of hydrogen-bond donors (Lipinski definition) is 1. The van der Waals surface area contributed by atoms with Crippen LogP contribution in [0.4, 0.5) is 5.82 Å². The molecule has 1 aromatic heterocycles. The van der Waals surface area contributed by atoms with Crippen LogP contribution in [0.3, 0.4) is 0 Å². The number of nitrogens with two attached hydrogens (primary N) is 1. The molecule has 0 bridgehead atoms. The summed E-state index contributed by atoms with van der Waals surface area (Å²) in [6.07, 6.45) is 0. The lowest BCUT2D eigenvalue weighted by molar-refractivity contribution is 0.356. The number of ether oxygens (including phenoxy) is 2. The molecule has 4 heteroatoms. The highest BCUT2D eigenvalue weighted by Gasteiger charge is 2.16. The van der Waals surface area contributed by atoms with Crippen molar-refractivity contribution in [3.63, 3.8) is 0 Å². The molecule has 23 heavy (non-hydrogen) atoms. The minimum absolute atomic E-state index is 0.489. The largest absolute Gasteiger partial charge is 0.493 e. The molecule has 0 amide bonds. The highest BCUT2D eigenvalue weighted by Crippen LogP contribution is 2.41. The van der Waals surface area contributed by atoms with Crippen molar-refractivity contribution < 1.29 is 9.47 Å². The minimum atomic E-state index is 0.489. The van der Waals surface area contributed by atoms with Crippen LogP contribution in [-0.4, -0.2) is 19.2 Å². The summed E-state index contributed by atoms with van der Waals surface area (Å²) in [5.41, 5.74) is 10.2. The second-order valence-electron chi connectivity index (χ2n) is 5.62. The van der Waals surface area contributed by atoms with E-state index >= 15 is 0 Å². The molecule has 0 aliphatic rings. The number of aromatic nitrogens is 1. The van der Waals surface area contributed by atoms with Crippen LogP contribution >= 0.6 is 0 Å². The SMILES string of the molecule is COc1c(C)cc2c(N)nc(-c3cccc(C)c3)cc2c1OC. The molecule has 2 N–H and O–H groups in total. The lowest BCUT2D eigenvalue weighted by Gasteiger charge is -2.15. The fourth-order valence-corrected chi connectivity index (χ4v) is 2.91. The zero-order valence-electron chi connectivity index (χ0n) is 13.8. The van der Waals surface area contributed by atoms with Crippen LogP contribution in [0, 0.1) is 13.8 Å². The van der Waals surface area contributed by atoms with E-state index in [4.69, 9.17) is 15.2 Å². The van der Waals surface area contributed by atoms with Crippen molar-refractivity contribution in [2.75, 3.05) is 20.0 Å². The van der Waals surface area contributed by atoms with Crippen LogP contribution in [0.1, 0.15) is 11.1 Å². The van der Waals surface area contributed by atoms with Crippen LogP contribution < -0.4 is 15.2 Å². The van der Waals surface area contributed by atoms with Crippen molar-refractivity contribution >= 4 is 16.6 Å². The molecule has 1 heterocycles. The highest BCUT2D eigenvalue weighted by atomic mass is 16.5. The Morgan fingerprint density at radius 3 is 2.30 bits per heavy atom. The molecule has 0 aliphatic carbocycles. The number of anilines is 1. The van der Waals surface area contributed by atoms with Crippen molar-refractivity contribution in [3.8, 4) is 22.8 Å². The van der Waals surface area contributed by atoms with Gasteiger partial charge in [0.05, 0.1) is 19.9 Å². The van der Waals surface area contributed by atoms with Gasteiger partial charge in [-0.1, -0.05) is 23.8 Å². The Labute approximate surface area is 135 Å². The Morgan fingerprint density at radius 2 is 1.65 bits per heavy atom. The first-order valence-electron chi connectivity index (χ1n) is 7.44. The Balaban J connectivity index is 2.34. The van der Waals surface area contributed by atoms with Crippen molar-refractivity contribution in [2.45, 2.75) is 13.8 Å². The minimum Gasteiger partial charge on any atom is -0.493 e. The van der Waals surface area contributed by atoms with Gasteiger partial charge in [0.2, 0.25) is 0 Å². The molecule has 0 aliphatic heterocycles. The van der Waals surface area contributed by atoms with Crippen LogP contribution in [-0.2, 0) is 0 Å². The Hall–Kier alpha value is -2.75. The second kappa shape index (κ2) is 5.80. The number of aryl methyl sites for hydroxylation is 2. The zero-order valence-corrected chi connectivity index (χ0v) is 13.8. The van der Waals surface area contributed by atoms with E-state index in [-0.39, 0.29) is 0 Å². The summed E-state index contributed by atoms with van der Waals surface area (Å²) < 4.78 is 11.1. The molecule has 0 atom stereocenters. The maximum atomic E-state index is 6.21. The molecule has 0 saturated carbocycles. The van der Waals surface area contributed by atoms with Gasteiger partial charge in [-0.25, -0.2) is 4.98 Å². The maximum absolute atomic E-state index is 6.21. The summed E-state index contributed by atoms with van der Waals surface area (Å²) >= 11 is 0. The van der Waals surface area contributed by atoms with Crippen LogP contribution in [0.2, 0.25) is 0 Å². The molecule has 3 aromatic rings. The summed E-state index contributed by atoms with van der Waals surface area (Å²) in [6.45, 7) is 4.02. The number of hydrogen-bond acceptors (Lipinski definition) is 4. The number of fused-ring (bicyclic) bond motifs is 1. The molecule has 0 fully saturated rings. The van der Waals surface area contributed by atoms with Gasteiger partial charge in [-0.15, -0.1) is 0 Å². The molecule has 4 nitrogen and oxygen atoms in total. The van der Waals surface area contributed by atoms with Crippen molar-refractivity contribution in [1.29, 1.82) is 0 Å². The van der Waals surface area contributed by atoms with Crippen molar-refractivity contribution in [3.05, 3.63) is 47.5 Å². The molecule has 0 saturated heterocycles. The number of benzene rings is 2. The first kappa shape index (κ1) is 15.2. The number of nitrogens with zero attached hydrogens (tertiary/aromatic N) is 1. The predicted molar refractivity (Wildman–Crippen MR) is 94.2 cm³/mol. The van der Waals surface area contributed by atoms with E-state index in [0.29, 0.717) is 11.6 Å². The van der Waals surface area contributed by atoms with E-state index in [1.54, 1.807) is 14.2 Å². The standard InChI is InChI=1S/C19H20N2O2/c1-11-6-5-7-13(8-11)16-10-14-15(19(20)21-16)9-12(2)17(22-3)18(14)23-4/h5-10H,1-4H3,(H2,20,21). The monoisotopic (exact) mass is 308 g/mol. The summed E-state index contributed by atoms with van der Waals surface area (Å²) in [4.78, 5) is 4.57. The van der Waals surface area contributed by atoms with Gasteiger partial charge < -0.3 is 15.2 Å². The number of nitrogen functional groups attached to an aromatic ring is 1. The van der Waals surface area contributed by atoms with E-state index in [2.05, 4.69) is 24.0 Å². The van der Waals surface area contributed by atoms with Crippen molar-refractivity contribution in [1.82, 2.24) is 4.98 Å². The topological polar surface area (TPSA) is 57.4 Å².